The van der Waals surface area contributed by atoms with Crippen molar-refractivity contribution >= 4 is 5.97 Å². The highest BCUT2D eigenvalue weighted by Crippen LogP contribution is 2.14. The minimum Gasteiger partial charge on any atom is -0.497 e. The predicted octanol–water partition coefficient (Wildman–Crippen LogP) is 2.15. The summed E-state index contributed by atoms with van der Waals surface area (Å²) in [5, 5.41) is 8.44. The van der Waals surface area contributed by atoms with Crippen LogP contribution in [-0.4, -0.2) is 19.2 Å². The highest BCUT2D eigenvalue weighted by molar-refractivity contribution is 5.89. The topological polar surface area (TPSA) is 59.3 Å². The van der Waals surface area contributed by atoms with E-state index in [1.165, 1.54) is 7.11 Å². The molecule has 0 saturated heterocycles. The van der Waals surface area contributed by atoms with E-state index >= 15 is 0 Å². The van der Waals surface area contributed by atoms with Crippen LogP contribution in [0.5, 0.6) is 5.75 Å². The molecule has 0 aliphatic heterocycles. The molecule has 0 fully saturated rings. The van der Waals surface area contributed by atoms with Gasteiger partial charge >= 0.3 is 5.97 Å². The van der Waals surface area contributed by atoms with Crippen molar-refractivity contribution < 1.29 is 14.3 Å². The Kier molecular flexibility index (Phi) is 4.34. The van der Waals surface area contributed by atoms with Gasteiger partial charge in [0.25, 0.3) is 0 Å². The molecular formula is C12H13NO3. The van der Waals surface area contributed by atoms with Crippen molar-refractivity contribution in [3.63, 3.8) is 0 Å². The molecule has 0 aliphatic rings. The van der Waals surface area contributed by atoms with Crippen LogP contribution in [0, 0.1) is 11.3 Å². The Morgan fingerprint density at radius 1 is 1.56 bits per heavy atom. The summed E-state index contributed by atoms with van der Waals surface area (Å²) in [6, 6.07) is 8.64. The predicted molar refractivity (Wildman–Crippen MR) is 58.1 cm³/mol. The second-order valence-corrected chi connectivity index (χ2v) is 3.31. The van der Waals surface area contributed by atoms with Crippen molar-refractivity contribution in [3.05, 3.63) is 29.8 Å². The molecule has 1 aromatic rings. The molecule has 16 heavy (non-hydrogen) atoms. The lowest BCUT2D eigenvalue weighted by atomic mass is 10.2. The Labute approximate surface area is 94.4 Å². The summed E-state index contributed by atoms with van der Waals surface area (Å²) in [5.41, 5.74) is 0.420. The zero-order valence-corrected chi connectivity index (χ0v) is 9.27. The van der Waals surface area contributed by atoms with E-state index in [0.717, 1.165) is 0 Å². The molecule has 0 aromatic heterocycles. The molecule has 0 bridgehead atoms. The largest absolute Gasteiger partial charge is 0.497 e. The van der Waals surface area contributed by atoms with E-state index in [4.69, 9.17) is 14.7 Å². The molecule has 0 saturated carbocycles. The van der Waals surface area contributed by atoms with Crippen molar-refractivity contribution in [3.8, 4) is 11.8 Å². The summed E-state index contributed by atoms with van der Waals surface area (Å²) in [6.45, 7) is 1.68. The van der Waals surface area contributed by atoms with Gasteiger partial charge in [-0.25, -0.2) is 4.79 Å². The minimum absolute atomic E-state index is 0.190. The molecule has 4 nitrogen and oxygen atoms in total. The number of rotatable bonds is 4. The van der Waals surface area contributed by atoms with Gasteiger partial charge in [-0.05, 0) is 25.1 Å². The van der Waals surface area contributed by atoms with Gasteiger partial charge < -0.3 is 9.47 Å². The molecule has 1 aromatic carbocycles. The van der Waals surface area contributed by atoms with Gasteiger partial charge in [0.1, 0.15) is 11.9 Å². The fourth-order valence-electron chi connectivity index (χ4n) is 1.17. The van der Waals surface area contributed by atoms with Crippen LogP contribution in [0.1, 0.15) is 23.7 Å². The SMILES string of the molecule is COc1cccc(C(=O)OC(C)CC#N)c1. The summed E-state index contributed by atoms with van der Waals surface area (Å²) in [7, 11) is 1.53. The van der Waals surface area contributed by atoms with Crippen molar-refractivity contribution in [2.24, 2.45) is 0 Å². The zero-order chi connectivity index (χ0) is 12.0. The number of nitrogens with zero attached hydrogens (tertiary/aromatic N) is 1. The lowest BCUT2D eigenvalue weighted by molar-refractivity contribution is 0.0351. The van der Waals surface area contributed by atoms with E-state index in [9.17, 15) is 4.79 Å². The maximum absolute atomic E-state index is 11.6. The molecule has 1 unspecified atom stereocenters. The Bertz CT molecular complexity index is 409. The van der Waals surface area contributed by atoms with E-state index in [2.05, 4.69) is 0 Å². The quantitative estimate of drug-likeness (QED) is 0.728. The van der Waals surface area contributed by atoms with Gasteiger partial charge in [0.05, 0.1) is 25.2 Å². The lowest BCUT2D eigenvalue weighted by Gasteiger charge is -2.10. The maximum atomic E-state index is 11.6. The first-order chi connectivity index (χ1) is 7.67. The second kappa shape index (κ2) is 5.76. The number of methoxy groups -OCH3 is 1. The molecular weight excluding hydrogens is 206 g/mol. The first kappa shape index (κ1) is 12.1. The van der Waals surface area contributed by atoms with Crippen LogP contribution >= 0.6 is 0 Å². The van der Waals surface area contributed by atoms with Crippen molar-refractivity contribution in [2.75, 3.05) is 7.11 Å². The van der Waals surface area contributed by atoms with E-state index < -0.39 is 12.1 Å². The van der Waals surface area contributed by atoms with Crippen LogP contribution in [0.15, 0.2) is 24.3 Å². The van der Waals surface area contributed by atoms with Crippen LogP contribution in [0.25, 0.3) is 0 Å². The molecule has 1 atom stereocenters. The van der Waals surface area contributed by atoms with Crippen LogP contribution in [0.3, 0.4) is 0 Å². The fourth-order valence-corrected chi connectivity index (χ4v) is 1.17. The normalized spacial score (nSPS) is 11.3. The Balaban J connectivity index is 2.69. The number of esters is 1. The molecule has 0 radical (unpaired) electrons. The highest BCUT2D eigenvalue weighted by Gasteiger charge is 2.12. The molecule has 0 aliphatic carbocycles. The number of carbonyl (C=O) groups excluding carboxylic acids is 1. The average molecular weight is 219 g/mol. The van der Waals surface area contributed by atoms with Crippen molar-refractivity contribution in [1.82, 2.24) is 0 Å². The van der Waals surface area contributed by atoms with Crippen LogP contribution in [0.2, 0.25) is 0 Å². The number of ether oxygens (including phenoxy) is 2. The van der Waals surface area contributed by atoms with Crippen LogP contribution < -0.4 is 4.74 Å². The highest BCUT2D eigenvalue weighted by atomic mass is 16.5. The second-order valence-electron chi connectivity index (χ2n) is 3.31. The summed E-state index contributed by atoms with van der Waals surface area (Å²) < 4.78 is 10.1. The molecule has 1 rings (SSSR count). The Morgan fingerprint density at radius 3 is 2.94 bits per heavy atom. The molecule has 0 amide bonds. The smallest absolute Gasteiger partial charge is 0.338 e. The number of benzene rings is 1. The van der Waals surface area contributed by atoms with Crippen molar-refractivity contribution in [2.45, 2.75) is 19.4 Å². The average Bonchev–Trinajstić information content (AvgIpc) is 2.29. The van der Waals surface area contributed by atoms with Crippen LogP contribution in [-0.2, 0) is 4.74 Å². The molecule has 0 N–H and O–H groups in total. The van der Waals surface area contributed by atoms with Gasteiger partial charge in [-0.3, -0.25) is 0 Å². The third kappa shape index (κ3) is 3.28. The monoisotopic (exact) mass is 219 g/mol. The first-order valence-corrected chi connectivity index (χ1v) is 4.89. The maximum Gasteiger partial charge on any atom is 0.338 e. The van der Waals surface area contributed by atoms with E-state index in [1.807, 2.05) is 6.07 Å². The first-order valence-electron chi connectivity index (χ1n) is 4.89. The zero-order valence-electron chi connectivity index (χ0n) is 9.27. The molecule has 0 heterocycles. The summed E-state index contributed by atoms with van der Waals surface area (Å²) in [5.74, 6) is 0.157. The minimum atomic E-state index is -0.443. The van der Waals surface area contributed by atoms with Gasteiger partial charge in [-0.2, -0.15) is 5.26 Å². The van der Waals surface area contributed by atoms with Gasteiger partial charge in [-0.1, -0.05) is 6.07 Å². The van der Waals surface area contributed by atoms with Crippen LogP contribution in [0.4, 0.5) is 0 Å². The third-order valence-corrected chi connectivity index (χ3v) is 1.99. The Hall–Kier alpha value is -2.02. The van der Waals surface area contributed by atoms with Gasteiger partial charge in [0.2, 0.25) is 0 Å². The van der Waals surface area contributed by atoms with Gasteiger partial charge in [0, 0.05) is 0 Å². The molecule has 0 spiro atoms. The summed E-state index contributed by atoms with van der Waals surface area (Å²) in [4.78, 5) is 11.6. The van der Waals surface area contributed by atoms with Crippen molar-refractivity contribution in [1.29, 1.82) is 5.26 Å². The van der Waals surface area contributed by atoms with E-state index in [-0.39, 0.29) is 6.42 Å². The molecule has 84 valence electrons. The Morgan fingerprint density at radius 2 is 2.31 bits per heavy atom. The number of carbonyl (C=O) groups is 1. The van der Waals surface area contributed by atoms with Gasteiger partial charge in [0.15, 0.2) is 0 Å². The number of hydrogen-bond donors (Lipinski definition) is 0. The summed E-state index contributed by atoms with van der Waals surface area (Å²) in [6.07, 6.45) is -0.209. The van der Waals surface area contributed by atoms with E-state index in [1.54, 1.807) is 31.2 Å². The number of nitriles is 1. The standard InChI is InChI=1S/C12H13NO3/c1-9(6-7-13)16-12(14)10-4-3-5-11(8-10)15-2/h3-5,8-9H,6H2,1-2H3. The lowest BCUT2D eigenvalue weighted by Crippen LogP contribution is -2.14. The fraction of sp³-hybridized carbons (Fsp3) is 0.333. The van der Waals surface area contributed by atoms with E-state index in [0.29, 0.717) is 11.3 Å². The molecule has 4 heteroatoms. The summed E-state index contributed by atoms with van der Waals surface area (Å²) >= 11 is 0. The van der Waals surface area contributed by atoms with Gasteiger partial charge in [-0.15, -0.1) is 0 Å². The number of hydrogen-bond acceptors (Lipinski definition) is 4. The third-order valence-electron chi connectivity index (χ3n) is 1.99.